The number of nitrogens with zero attached hydrogens (tertiary/aromatic N) is 2. The SMILES string of the molecule is COc1ccc(-c2cc3ccccn3c2C(=O)C(=O)Nc2cc([N+](=O)[O-])ccc2C)cc1. The Morgan fingerprint density at radius 2 is 1.78 bits per heavy atom. The number of nitro groups is 1. The molecule has 0 spiro atoms. The number of ether oxygens (including phenoxy) is 1. The van der Waals surface area contributed by atoms with Crippen molar-refractivity contribution in [2.75, 3.05) is 12.4 Å². The Morgan fingerprint density at radius 3 is 2.47 bits per heavy atom. The Bertz CT molecular complexity index is 1360. The summed E-state index contributed by atoms with van der Waals surface area (Å²) in [6.45, 7) is 1.69. The molecule has 2 aromatic heterocycles. The molecule has 2 heterocycles. The fourth-order valence-corrected chi connectivity index (χ4v) is 3.49. The van der Waals surface area contributed by atoms with Gasteiger partial charge in [0.05, 0.1) is 17.7 Å². The maximum absolute atomic E-state index is 13.3. The van der Waals surface area contributed by atoms with E-state index >= 15 is 0 Å². The van der Waals surface area contributed by atoms with Gasteiger partial charge in [-0.05, 0) is 48.4 Å². The number of fused-ring (bicyclic) bond motifs is 1. The van der Waals surface area contributed by atoms with Crippen LogP contribution in [0, 0.1) is 17.0 Å². The van der Waals surface area contributed by atoms with Crippen LogP contribution < -0.4 is 10.1 Å². The van der Waals surface area contributed by atoms with Gasteiger partial charge in [-0.2, -0.15) is 0 Å². The number of pyridine rings is 1. The van der Waals surface area contributed by atoms with E-state index in [1.165, 1.54) is 18.2 Å². The van der Waals surface area contributed by atoms with Crippen LogP contribution in [-0.2, 0) is 4.79 Å². The number of methoxy groups -OCH3 is 1. The van der Waals surface area contributed by atoms with Crippen molar-refractivity contribution in [3.8, 4) is 16.9 Å². The monoisotopic (exact) mass is 429 g/mol. The molecule has 8 nitrogen and oxygen atoms in total. The van der Waals surface area contributed by atoms with E-state index in [9.17, 15) is 19.7 Å². The van der Waals surface area contributed by atoms with E-state index in [0.717, 1.165) is 11.1 Å². The quantitative estimate of drug-likeness (QED) is 0.208. The summed E-state index contributed by atoms with van der Waals surface area (Å²) in [6.07, 6.45) is 1.71. The molecule has 32 heavy (non-hydrogen) atoms. The van der Waals surface area contributed by atoms with Crippen molar-refractivity contribution in [3.63, 3.8) is 0 Å². The minimum atomic E-state index is -0.882. The first-order valence-electron chi connectivity index (χ1n) is 9.74. The zero-order chi connectivity index (χ0) is 22.8. The standard InChI is InChI=1S/C24H19N3O5/c1-15-6-9-18(27(30)31)14-21(15)25-24(29)23(28)22-20(13-17-5-3-4-12-26(17)22)16-7-10-19(32-2)11-8-16/h3-14H,1-2H3,(H,25,29). The third kappa shape index (κ3) is 3.81. The number of ketones is 1. The van der Waals surface area contributed by atoms with Gasteiger partial charge in [-0.25, -0.2) is 0 Å². The van der Waals surface area contributed by atoms with Gasteiger partial charge in [0.25, 0.3) is 17.4 Å². The number of aromatic nitrogens is 1. The molecule has 1 N–H and O–H groups in total. The normalized spacial score (nSPS) is 10.7. The van der Waals surface area contributed by atoms with Gasteiger partial charge in [0.15, 0.2) is 0 Å². The first kappa shape index (κ1) is 20.8. The number of benzene rings is 2. The van der Waals surface area contributed by atoms with Crippen molar-refractivity contribution in [3.05, 3.63) is 94.3 Å². The number of carbonyl (C=O) groups excluding carboxylic acids is 2. The molecule has 0 aliphatic carbocycles. The lowest BCUT2D eigenvalue weighted by molar-refractivity contribution is -0.384. The van der Waals surface area contributed by atoms with Gasteiger partial charge >= 0.3 is 0 Å². The molecular formula is C24H19N3O5. The molecule has 0 saturated carbocycles. The first-order valence-corrected chi connectivity index (χ1v) is 9.74. The van der Waals surface area contributed by atoms with E-state index in [4.69, 9.17) is 4.74 Å². The first-order chi connectivity index (χ1) is 15.4. The second kappa shape index (κ2) is 8.35. The maximum Gasteiger partial charge on any atom is 0.298 e. The van der Waals surface area contributed by atoms with Crippen molar-refractivity contribution in [2.45, 2.75) is 6.92 Å². The molecule has 0 fully saturated rings. The molecule has 160 valence electrons. The number of nitrogens with one attached hydrogen (secondary N) is 1. The highest BCUT2D eigenvalue weighted by Crippen LogP contribution is 2.30. The molecular weight excluding hydrogens is 410 g/mol. The summed E-state index contributed by atoms with van der Waals surface area (Å²) in [6, 6.07) is 18.6. The summed E-state index contributed by atoms with van der Waals surface area (Å²) in [5.74, 6) is -0.968. The number of hydrogen-bond donors (Lipinski definition) is 1. The lowest BCUT2D eigenvalue weighted by Crippen LogP contribution is -2.25. The summed E-state index contributed by atoms with van der Waals surface area (Å²) >= 11 is 0. The van der Waals surface area contributed by atoms with Crippen LogP contribution in [0.1, 0.15) is 16.1 Å². The predicted molar refractivity (Wildman–Crippen MR) is 120 cm³/mol. The Hall–Kier alpha value is -4.46. The molecule has 0 radical (unpaired) electrons. The zero-order valence-corrected chi connectivity index (χ0v) is 17.4. The number of carbonyl (C=O) groups is 2. The van der Waals surface area contributed by atoms with E-state index in [0.29, 0.717) is 16.9 Å². The van der Waals surface area contributed by atoms with Gasteiger partial charge in [-0.3, -0.25) is 19.7 Å². The van der Waals surface area contributed by atoms with Gasteiger partial charge in [-0.15, -0.1) is 0 Å². The number of Topliss-reactive ketones (excluding diaryl/α,β-unsaturated/α-hetero) is 1. The smallest absolute Gasteiger partial charge is 0.298 e. The number of non-ortho nitro benzene ring substituents is 1. The van der Waals surface area contributed by atoms with E-state index in [2.05, 4.69) is 5.32 Å². The topological polar surface area (TPSA) is 103 Å². The number of amides is 1. The van der Waals surface area contributed by atoms with Gasteiger partial charge in [-0.1, -0.05) is 24.3 Å². The van der Waals surface area contributed by atoms with Crippen molar-refractivity contribution < 1.29 is 19.2 Å². The van der Waals surface area contributed by atoms with Crippen LogP contribution in [0.15, 0.2) is 72.9 Å². The maximum atomic E-state index is 13.3. The highest BCUT2D eigenvalue weighted by atomic mass is 16.6. The largest absolute Gasteiger partial charge is 0.497 e. The Kier molecular flexibility index (Phi) is 5.43. The molecule has 0 saturated heterocycles. The fraction of sp³-hybridized carbons (Fsp3) is 0.0833. The van der Waals surface area contributed by atoms with Crippen molar-refractivity contribution in [1.29, 1.82) is 0 Å². The van der Waals surface area contributed by atoms with Crippen LogP contribution in [0.25, 0.3) is 16.6 Å². The highest BCUT2D eigenvalue weighted by Gasteiger charge is 2.25. The summed E-state index contributed by atoms with van der Waals surface area (Å²) in [5, 5.41) is 13.6. The van der Waals surface area contributed by atoms with Crippen LogP contribution in [0.5, 0.6) is 5.75 Å². The fourth-order valence-electron chi connectivity index (χ4n) is 3.49. The molecule has 0 aliphatic heterocycles. The molecule has 1 amide bonds. The van der Waals surface area contributed by atoms with Gasteiger partial charge in [0.2, 0.25) is 0 Å². The molecule has 0 atom stereocenters. The Labute approximate surface area is 183 Å². The Morgan fingerprint density at radius 1 is 1.03 bits per heavy atom. The minimum Gasteiger partial charge on any atom is -0.497 e. The highest BCUT2D eigenvalue weighted by molar-refractivity contribution is 6.47. The number of aryl methyl sites for hydroxylation is 1. The van der Waals surface area contributed by atoms with Crippen LogP contribution in [0.4, 0.5) is 11.4 Å². The van der Waals surface area contributed by atoms with Crippen molar-refractivity contribution >= 4 is 28.6 Å². The second-order valence-electron chi connectivity index (χ2n) is 7.17. The van der Waals surface area contributed by atoms with E-state index in [1.54, 1.807) is 42.8 Å². The molecule has 2 aromatic carbocycles. The van der Waals surface area contributed by atoms with Gasteiger partial charge < -0.3 is 14.5 Å². The van der Waals surface area contributed by atoms with Gasteiger partial charge in [0, 0.05) is 29.4 Å². The predicted octanol–water partition coefficient (Wildman–Crippen LogP) is 4.65. The van der Waals surface area contributed by atoms with Crippen molar-refractivity contribution in [1.82, 2.24) is 4.40 Å². The molecule has 0 unspecified atom stereocenters. The second-order valence-corrected chi connectivity index (χ2v) is 7.17. The molecule has 0 bridgehead atoms. The van der Waals surface area contributed by atoms with Crippen LogP contribution in [-0.4, -0.2) is 28.1 Å². The molecule has 4 aromatic rings. The van der Waals surface area contributed by atoms with E-state index in [-0.39, 0.29) is 17.1 Å². The minimum absolute atomic E-state index is 0.176. The molecule has 8 heteroatoms. The molecule has 0 aliphatic rings. The summed E-state index contributed by atoms with van der Waals surface area (Å²) < 4.78 is 6.85. The third-order valence-electron chi connectivity index (χ3n) is 5.18. The average Bonchev–Trinajstić information content (AvgIpc) is 3.19. The van der Waals surface area contributed by atoms with Crippen LogP contribution in [0.3, 0.4) is 0 Å². The third-order valence-corrected chi connectivity index (χ3v) is 5.18. The number of hydrogen-bond acceptors (Lipinski definition) is 5. The lowest BCUT2D eigenvalue weighted by atomic mass is 10.0. The molecule has 4 rings (SSSR count). The van der Waals surface area contributed by atoms with E-state index in [1.807, 2.05) is 30.3 Å². The summed E-state index contributed by atoms with van der Waals surface area (Å²) in [5.41, 5.74) is 2.93. The van der Waals surface area contributed by atoms with Crippen molar-refractivity contribution in [2.24, 2.45) is 0 Å². The zero-order valence-electron chi connectivity index (χ0n) is 17.4. The average molecular weight is 429 g/mol. The van der Waals surface area contributed by atoms with Crippen LogP contribution >= 0.6 is 0 Å². The number of rotatable bonds is 6. The Balaban J connectivity index is 1.75. The summed E-state index contributed by atoms with van der Waals surface area (Å²) in [7, 11) is 1.57. The number of nitro benzene ring substituents is 1. The lowest BCUT2D eigenvalue weighted by Gasteiger charge is -2.10. The number of anilines is 1. The van der Waals surface area contributed by atoms with Gasteiger partial charge in [0.1, 0.15) is 11.4 Å². The van der Waals surface area contributed by atoms with Crippen LogP contribution in [0.2, 0.25) is 0 Å². The summed E-state index contributed by atoms with van der Waals surface area (Å²) in [4.78, 5) is 36.7. The van der Waals surface area contributed by atoms with E-state index < -0.39 is 16.6 Å².